The molecule has 0 saturated carbocycles. The minimum Gasteiger partial charge on any atom is -0.356 e. The highest BCUT2D eigenvalue weighted by Crippen LogP contribution is 2.28. The van der Waals surface area contributed by atoms with Gasteiger partial charge in [-0.1, -0.05) is 17.7 Å². The molecule has 0 radical (unpaired) electrons. The molecular formula is C9H8ClFN2. The molecule has 0 unspecified atom stereocenters. The number of hydrogen-bond donors (Lipinski definition) is 2. The molecule has 3 N–H and O–H groups in total. The Morgan fingerprint density at radius 1 is 1.46 bits per heavy atom. The van der Waals surface area contributed by atoms with Crippen LogP contribution in [0.15, 0.2) is 18.2 Å². The zero-order valence-corrected chi connectivity index (χ0v) is 7.53. The first kappa shape index (κ1) is 8.53. The zero-order chi connectivity index (χ0) is 9.42. The van der Waals surface area contributed by atoms with E-state index < -0.39 is 0 Å². The molecule has 2 nitrogen and oxygen atoms in total. The van der Waals surface area contributed by atoms with Gasteiger partial charge in [-0.15, -0.1) is 0 Å². The maximum absolute atomic E-state index is 13.3. The Kier molecular flexibility index (Phi) is 1.98. The summed E-state index contributed by atoms with van der Waals surface area (Å²) in [5, 5.41) is 0.806. The third-order valence-electron chi connectivity index (χ3n) is 1.99. The third kappa shape index (κ3) is 1.20. The number of H-pyrrole nitrogens is 1. The van der Waals surface area contributed by atoms with Crippen LogP contribution in [0, 0.1) is 5.82 Å². The first-order valence-electron chi connectivity index (χ1n) is 3.88. The molecule has 0 saturated heterocycles. The van der Waals surface area contributed by atoms with Gasteiger partial charge in [-0.2, -0.15) is 0 Å². The van der Waals surface area contributed by atoms with Crippen molar-refractivity contribution in [2.45, 2.75) is 6.54 Å². The predicted octanol–water partition coefficient (Wildman–Crippen LogP) is 2.42. The SMILES string of the molecule is NCc1[nH]c2cccc(F)c2c1Cl. The van der Waals surface area contributed by atoms with Gasteiger partial charge >= 0.3 is 0 Å². The number of nitrogens with two attached hydrogens (primary N) is 1. The summed E-state index contributed by atoms with van der Waals surface area (Å²) in [5.74, 6) is -0.321. The van der Waals surface area contributed by atoms with Crippen LogP contribution >= 0.6 is 11.6 Å². The van der Waals surface area contributed by atoms with Gasteiger partial charge in [0.15, 0.2) is 0 Å². The Hall–Kier alpha value is -1.06. The highest BCUT2D eigenvalue weighted by atomic mass is 35.5. The van der Waals surface area contributed by atoms with E-state index in [0.29, 0.717) is 21.6 Å². The largest absolute Gasteiger partial charge is 0.356 e. The maximum atomic E-state index is 13.3. The number of hydrogen-bond acceptors (Lipinski definition) is 1. The van der Waals surface area contributed by atoms with E-state index in [2.05, 4.69) is 4.98 Å². The molecule has 1 aromatic carbocycles. The number of aromatic amines is 1. The molecule has 0 amide bonds. The van der Waals surface area contributed by atoms with E-state index >= 15 is 0 Å². The Labute approximate surface area is 79.5 Å². The maximum Gasteiger partial charge on any atom is 0.134 e. The van der Waals surface area contributed by atoms with E-state index in [1.54, 1.807) is 12.1 Å². The van der Waals surface area contributed by atoms with E-state index in [1.165, 1.54) is 6.07 Å². The van der Waals surface area contributed by atoms with Gasteiger partial charge in [0.2, 0.25) is 0 Å². The van der Waals surface area contributed by atoms with Crippen molar-refractivity contribution in [3.05, 3.63) is 34.7 Å². The van der Waals surface area contributed by atoms with Gasteiger partial charge in [-0.3, -0.25) is 0 Å². The molecule has 13 heavy (non-hydrogen) atoms. The van der Waals surface area contributed by atoms with Crippen molar-refractivity contribution in [1.29, 1.82) is 0 Å². The summed E-state index contributed by atoms with van der Waals surface area (Å²) < 4.78 is 13.3. The summed E-state index contributed by atoms with van der Waals surface area (Å²) in [6, 6.07) is 4.77. The molecule has 0 aliphatic heterocycles. The van der Waals surface area contributed by atoms with Crippen molar-refractivity contribution in [2.24, 2.45) is 5.73 Å². The highest BCUT2D eigenvalue weighted by Gasteiger charge is 2.11. The van der Waals surface area contributed by atoms with Crippen LogP contribution in [-0.2, 0) is 6.54 Å². The fraction of sp³-hybridized carbons (Fsp3) is 0.111. The highest BCUT2D eigenvalue weighted by molar-refractivity contribution is 6.36. The Morgan fingerprint density at radius 3 is 2.85 bits per heavy atom. The Bertz CT molecular complexity index is 450. The summed E-state index contributed by atoms with van der Waals surface area (Å²) in [6.45, 7) is 0.285. The second-order valence-electron chi connectivity index (χ2n) is 2.78. The molecule has 2 aromatic rings. The molecule has 1 aromatic heterocycles. The normalized spacial score (nSPS) is 11.0. The number of halogens is 2. The van der Waals surface area contributed by atoms with Crippen LogP contribution in [0.1, 0.15) is 5.69 Å². The molecule has 2 rings (SSSR count). The van der Waals surface area contributed by atoms with Crippen LogP contribution in [0.2, 0.25) is 5.02 Å². The van der Waals surface area contributed by atoms with Gasteiger partial charge in [-0.25, -0.2) is 4.39 Å². The summed E-state index contributed by atoms with van der Waals surface area (Å²) in [7, 11) is 0. The predicted molar refractivity (Wildman–Crippen MR) is 51.2 cm³/mol. The lowest BCUT2D eigenvalue weighted by Gasteiger charge is -1.91. The summed E-state index contributed by atoms with van der Waals surface area (Å²) in [6.07, 6.45) is 0. The minimum absolute atomic E-state index is 0.285. The molecule has 0 spiro atoms. The van der Waals surface area contributed by atoms with E-state index in [4.69, 9.17) is 17.3 Å². The molecule has 0 bridgehead atoms. The number of aromatic nitrogens is 1. The van der Waals surface area contributed by atoms with E-state index in [0.717, 1.165) is 0 Å². The molecule has 4 heteroatoms. The van der Waals surface area contributed by atoms with Crippen molar-refractivity contribution < 1.29 is 4.39 Å². The number of benzene rings is 1. The average molecular weight is 199 g/mol. The standard InChI is InChI=1S/C9H8ClFN2/c10-9-7(4-12)13-6-3-1-2-5(11)8(6)9/h1-3,13H,4,12H2. The molecule has 0 aliphatic carbocycles. The summed E-state index contributed by atoms with van der Waals surface area (Å²) in [5.41, 5.74) is 6.78. The lowest BCUT2D eigenvalue weighted by molar-refractivity contribution is 0.640. The van der Waals surface area contributed by atoms with E-state index in [-0.39, 0.29) is 12.4 Å². The number of fused-ring (bicyclic) bond motifs is 1. The van der Waals surface area contributed by atoms with Gasteiger partial charge in [-0.05, 0) is 12.1 Å². The second kappa shape index (κ2) is 3.01. The molecular weight excluding hydrogens is 191 g/mol. The lowest BCUT2D eigenvalue weighted by Crippen LogP contribution is -1.96. The fourth-order valence-electron chi connectivity index (χ4n) is 1.36. The second-order valence-corrected chi connectivity index (χ2v) is 3.16. The van der Waals surface area contributed by atoms with Gasteiger partial charge in [0.05, 0.1) is 15.9 Å². The van der Waals surface area contributed by atoms with E-state index in [1.807, 2.05) is 0 Å². The van der Waals surface area contributed by atoms with Crippen LogP contribution < -0.4 is 5.73 Å². The molecule has 0 fully saturated rings. The quantitative estimate of drug-likeness (QED) is 0.726. The van der Waals surface area contributed by atoms with Crippen molar-refractivity contribution in [3.63, 3.8) is 0 Å². The summed E-state index contributed by atoms with van der Waals surface area (Å²) in [4.78, 5) is 2.96. The number of rotatable bonds is 1. The topological polar surface area (TPSA) is 41.8 Å². The average Bonchev–Trinajstić information content (AvgIpc) is 2.44. The third-order valence-corrected chi connectivity index (χ3v) is 2.40. The molecule has 0 atom stereocenters. The van der Waals surface area contributed by atoms with Crippen LogP contribution in [0.25, 0.3) is 10.9 Å². The molecule has 0 aliphatic rings. The van der Waals surface area contributed by atoms with Crippen LogP contribution in [0.3, 0.4) is 0 Å². The summed E-state index contributed by atoms with van der Waals surface area (Å²) >= 11 is 5.91. The van der Waals surface area contributed by atoms with Crippen LogP contribution in [0.4, 0.5) is 4.39 Å². The van der Waals surface area contributed by atoms with Crippen molar-refractivity contribution in [2.75, 3.05) is 0 Å². The molecule has 68 valence electrons. The van der Waals surface area contributed by atoms with Crippen molar-refractivity contribution in [3.8, 4) is 0 Å². The van der Waals surface area contributed by atoms with Gasteiger partial charge in [0, 0.05) is 12.2 Å². The van der Waals surface area contributed by atoms with E-state index in [9.17, 15) is 4.39 Å². The van der Waals surface area contributed by atoms with Crippen LogP contribution in [0.5, 0.6) is 0 Å². The number of nitrogens with one attached hydrogen (secondary N) is 1. The van der Waals surface area contributed by atoms with Gasteiger partial charge < -0.3 is 10.7 Å². The van der Waals surface area contributed by atoms with Gasteiger partial charge in [0.25, 0.3) is 0 Å². The van der Waals surface area contributed by atoms with Gasteiger partial charge in [0.1, 0.15) is 5.82 Å². The van der Waals surface area contributed by atoms with Crippen LogP contribution in [-0.4, -0.2) is 4.98 Å². The monoisotopic (exact) mass is 198 g/mol. The Morgan fingerprint density at radius 2 is 2.23 bits per heavy atom. The Balaban J connectivity index is 2.85. The minimum atomic E-state index is -0.321. The lowest BCUT2D eigenvalue weighted by atomic mass is 10.2. The first-order valence-corrected chi connectivity index (χ1v) is 4.26. The van der Waals surface area contributed by atoms with Crippen molar-refractivity contribution in [1.82, 2.24) is 4.98 Å². The fourth-order valence-corrected chi connectivity index (χ4v) is 1.68. The molecule has 1 heterocycles. The zero-order valence-electron chi connectivity index (χ0n) is 6.77. The van der Waals surface area contributed by atoms with Crippen molar-refractivity contribution >= 4 is 22.5 Å². The first-order chi connectivity index (χ1) is 6.24. The smallest absolute Gasteiger partial charge is 0.134 e.